The van der Waals surface area contributed by atoms with Crippen LogP contribution in [0.1, 0.15) is 0 Å². The summed E-state index contributed by atoms with van der Waals surface area (Å²) in [5.74, 6) is 0.788. The summed E-state index contributed by atoms with van der Waals surface area (Å²) in [6, 6.07) is 18.3. The molecule has 0 aliphatic heterocycles. The van der Waals surface area contributed by atoms with Crippen molar-refractivity contribution >= 4 is 0 Å². The van der Waals surface area contributed by atoms with E-state index in [2.05, 4.69) is 17.1 Å². The van der Waals surface area contributed by atoms with Crippen molar-refractivity contribution < 1.29 is 9.57 Å². The number of aromatic nitrogens is 2. The molecule has 0 atom stereocenters. The van der Waals surface area contributed by atoms with Crippen molar-refractivity contribution in [1.29, 1.82) is 0 Å². The first kappa shape index (κ1) is 11.4. The first-order valence-electron chi connectivity index (χ1n) is 6.07. The molecule has 0 fully saturated rings. The lowest BCUT2D eigenvalue weighted by molar-refractivity contribution is -0.875. The van der Waals surface area contributed by atoms with E-state index >= 15 is 0 Å². The van der Waals surface area contributed by atoms with Crippen molar-refractivity contribution in [2.24, 2.45) is 0 Å². The fraction of sp³-hybridized carbons (Fsp3) is 0. The summed E-state index contributed by atoms with van der Waals surface area (Å²) in [5.41, 5.74) is 2.37. The van der Waals surface area contributed by atoms with Gasteiger partial charge in [-0.25, -0.2) is 4.84 Å². The summed E-state index contributed by atoms with van der Waals surface area (Å²) >= 11 is 0. The molecular weight excluding hydrogens is 236 g/mol. The van der Waals surface area contributed by atoms with E-state index in [4.69, 9.17) is 4.84 Å². The Morgan fingerprint density at radius 1 is 0.737 bits per heavy atom. The third-order valence-electron chi connectivity index (χ3n) is 2.77. The van der Waals surface area contributed by atoms with E-state index in [1.165, 1.54) is 11.1 Å². The maximum atomic E-state index is 5.65. The van der Waals surface area contributed by atoms with Crippen molar-refractivity contribution in [3.8, 4) is 16.9 Å². The first-order valence-corrected chi connectivity index (χ1v) is 6.07. The number of nitrogens with zero attached hydrogens (tertiary/aromatic N) is 2. The molecule has 0 aliphatic carbocycles. The van der Waals surface area contributed by atoms with Gasteiger partial charge in [-0.15, -0.1) is 0 Å². The Morgan fingerprint density at radius 3 is 2.05 bits per heavy atom. The smallest absolute Gasteiger partial charge is 0.241 e. The molecule has 1 aromatic heterocycles. The van der Waals surface area contributed by atoms with Gasteiger partial charge in [-0.1, -0.05) is 42.5 Å². The second kappa shape index (κ2) is 5.31. The third kappa shape index (κ3) is 2.77. The van der Waals surface area contributed by atoms with E-state index in [-0.39, 0.29) is 0 Å². The molecule has 0 bridgehead atoms. The van der Waals surface area contributed by atoms with Gasteiger partial charge in [-0.3, -0.25) is 4.98 Å². The van der Waals surface area contributed by atoms with Crippen LogP contribution in [0.5, 0.6) is 5.75 Å². The molecule has 0 spiro atoms. The predicted octanol–water partition coefficient (Wildman–Crippen LogP) is 2.88. The minimum atomic E-state index is 0.788. The van der Waals surface area contributed by atoms with Crippen molar-refractivity contribution in [1.82, 2.24) is 4.98 Å². The third-order valence-corrected chi connectivity index (χ3v) is 2.77. The Kier molecular flexibility index (Phi) is 3.19. The largest absolute Gasteiger partial charge is 0.252 e. The SMILES string of the molecule is c1ccc(-c2ccc(O[n+]3ccncc3)cc2)cc1. The number of hydrogen-bond acceptors (Lipinski definition) is 2. The minimum absolute atomic E-state index is 0.788. The lowest BCUT2D eigenvalue weighted by atomic mass is 10.1. The van der Waals surface area contributed by atoms with Gasteiger partial charge < -0.3 is 0 Å². The predicted molar refractivity (Wildman–Crippen MR) is 72.3 cm³/mol. The van der Waals surface area contributed by atoms with Crippen LogP contribution in [0.2, 0.25) is 0 Å². The summed E-state index contributed by atoms with van der Waals surface area (Å²) in [6.07, 6.45) is 6.87. The summed E-state index contributed by atoms with van der Waals surface area (Å²) < 4.78 is 1.62. The molecule has 1 heterocycles. The van der Waals surface area contributed by atoms with Crippen LogP contribution < -0.4 is 9.57 Å². The van der Waals surface area contributed by atoms with Crippen LogP contribution in [0.15, 0.2) is 79.4 Å². The van der Waals surface area contributed by atoms with Crippen LogP contribution >= 0.6 is 0 Å². The highest BCUT2D eigenvalue weighted by atomic mass is 16.7. The molecule has 0 saturated heterocycles. The molecule has 0 N–H and O–H groups in total. The summed E-state index contributed by atoms with van der Waals surface area (Å²) in [7, 11) is 0. The maximum absolute atomic E-state index is 5.65. The Labute approximate surface area is 111 Å². The monoisotopic (exact) mass is 249 g/mol. The average Bonchev–Trinajstić information content (AvgIpc) is 2.50. The Bertz CT molecular complexity index is 637. The van der Waals surface area contributed by atoms with Crippen LogP contribution in [0.3, 0.4) is 0 Å². The zero-order chi connectivity index (χ0) is 12.9. The van der Waals surface area contributed by atoms with E-state index in [0.717, 1.165) is 5.75 Å². The summed E-state index contributed by atoms with van der Waals surface area (Å²) in [6.45, 7) is 0. The molecule has 19 heavy (non-hydrogen) atoms. The molecule has 3 aromatic rings. The molecule has 3 rings (SSSR count). The Morgan fingerprint density at radius 2 is 1.37 bits per heavy atom. The van der Waals surface area contributed by atoms with Crippen LogP contribution in [0.25, 0.3) is 11.1 Å². The second-order valence-corrected chi connectivity index (χ2v) is 4.09. The molecule has 3 nitrogen and oxygen atoms in total. The molecule has 0 saturated carbocycles. The van der Waals surface area contributed by atoms with Gasteiger partial charge >= 0.3 is 0 Å². The molecule has 0 unspecified atom stereocenters. The van der Waals surface area contributed by atoms with Crippen LogP contribution in [0, 0.1) is 0 Å². The average molecular weight is 249 g/mol. The molecular formula is C16H13N2O+. The van der Waals surface area contributed by atoms with Crippen molar-refractivity contribution in [3.05, 3.63) is 79.4 Å². The minimum Gasteiger partial charge on any atom is -0.252 e. The lowest BCUT2D eigenvalue weighted by Crippen LogP contribution is -2.38. The normalized spacial score (nSPS) is 10.1. The second-order valence-electron chi connectivity index (χ2n) is 4.09. The molecule has 0 aliphatic rings. The molecule has 3 heteroatoms. The Balaban J connectivity index is 1.80. The first-order chi connectivity index (χ1) is 9.42. The number of rotatable bonds is 3. The van der Waals surface area contributed by atoms with Gasteiger partial charge in [0, 0.05) is 4.73 Å². The number of benzene rings is 2. The van der Waals surface area contributed by atoms with Crippen molar-refractivity contribution in [3.63, 3.8) is 0 Å². The quantitative estimate of drug-likeness (QED) is 0.667. The summed E-state index contributed by atoms with van der Waals surface area (Å²) in [5, 5.41) is 0. The van der Waals surface area contributed by atoms with E-state index in [1.807, 2.05) is 42.5 Å². The molecule has 0 amide bonds. The van der Waals surface area contributed by atoms with E-state index < -0.39 is 0 Å². The van der Waals surface area contributed by atoms with E-state index in [9.17, 15) is 0 Å². The van der Waals surface area contributed by atoms with Gasteiger partial charge in [0.15, 0.2) is 0 Å². The molecule has 92 valence electrons. The highest BCUT2D eigenvalue weighted by molar-refractivity contribution is 5.63. The molecule has 2 aromatic carbocycles. The fourth-order valence-corrected chi connectivity index (χ4v) is 1.83. The van der Waals surface area contributed by atoms with Gasteiger partial charge in [0.2, 0.25) is 18.1 Å². The highest BCUT2D eigenvalue weighted by Crippen LogP contribution is 2.21. The van der Waals surface area contributed by atoms with Crippen LogP contribution in [-0.4, -0.2) is 4.98 Å². The van der Waals surface area contributed by atoms with Gasteiger partial charge in [0.25, 0.3) is 0 Å². The lowest BCUT2D eigenvalue weighted by Gasteiger charge is -2.02. The van der Waals surface area contributed by atoms with Gasteiger partial charge in [0.05, 0.1) is 12.4 Å². The zero-order valence-electron chi connectivity index (χ0n) is 10.3. The van der Waals surface area contributed by atoms with Crippen LogP contribution in [-0.2, 0) is 0 Å². The van der Waals surface area contributed by atoms with Crippen LogP contribution in [0.4, 0.5) is 0 Å². The maximum Gasteiger partial charge on any atom is 0.241 e. The standard InChI is InChI=1S/C16H13N2O/c1-2-4-14(5-3-1)15-6-8-16(9-7-15)19-18-12-10-17-11-13-18/h1-13H/q+1. The topological polar surface area (TPSA) is 26.0 Å². The van der Waals surface area contributed by atoms with Crippen molar-refractivity contribution in [2.75, 3.05) is 0 Å². The van der Waals surface area contributed by atoms with Crippen molar-refractivity contribution in [2.45, 2.75) is 0 Å². The summed E-state index contributed by atoms with van der Waals surface area (Å²) in [4.78, 5) is 9.59. The molecule has 0 radical (unpaired) electrons. The van der Waals surface area contributed by atoms with Gasteiger partial charge in [-0.2, -0.15) is 0 Å². The van der Waals surface area contributed by atoms with Gasteiger partial charge in [-0.05, 0) is 23.3 Å². The zero-order valence-corrected chi connectivity index (χ0v) is 10.3. The highest BCUT2D eigenvalue weighted by Gasteiger charge is 2.03. The van der Waals surface area contributed by atoms with Gasteiger partial charge in [0.1, 0.15) is 0 Å². The van der Waals surface area contributed by atoms with E-state index in [0.29, 0.717) is 0 Å². The Hall–Kier alpha value is -2.68. The number of hydrogen-bond donors (Lipinski definition) is 0. The fourth-order valence-electron chi connectivity index (χ4n) is 1.83. The van der Waals surface area contributed by atoms with E-state index in [1.54, 1.807) is 29.5 Å².